The van der Waals surface area contributed by atoms with E-state index in [1.165, 1.54) is 10.4 Å². The van der Waals surface area contributed by atoms with Crippen LogP contribution in [0.15, 0.2) is 16.3 Å². The first-order valence-electron chi connectivity index (χ1n) is 6.64. The molecule has 116 valence electrons. The Kier molecular flexibility index (Phi) is 4.24. The summed E-state index contributed by atoms with van der Waals surface area (Å²) in [4.78, 5) is 13.6. The van der Waals surface area contributed by atoms with Crippen molar-refractivity contribution in [3.63, 3.8) is 0 Å². The summed E-state index contributed by atoms with van der Waals surface area (Å²) in [5.41, 5.74) is 0. The molecule has 0 N–H and O–H groups in total. The molecule has 2 aliphatic heterocycles. The van der Waals surface area contributed by atoms with Gasteiger partial charge in [0.2, 0.25) is 0 Å². The second-order valence-corrected chi connectivity index (χ2v) is 8.85. The van der Waals surface area contributed by atoms with Crippen LogP contribution in [0, 0.1) is 0 Å². The van der Waals surface area contributed by atoms with Crippen LogP contribution in [0.3, 0.4) is 0 Å². The summed E-state index contributed by atoms with van der Waals surface area (Å²) in [5.74, 6) is -0.198. The third kappa shape index (κ3) is 2.95. The number of ether oxygens (including phenoxy) is 1. The first-order chi connectivity index (χ1) is 9.98. The molecular weight excluding hydrogens is 336 g/mol. The molecule has 3 rings (SSSR count). The molecule has 0 aliphatic carbocycles. The van der Waals surface area contributed by atoms with Gasteiger partial charge in [-0.2, -0.15) is 4.31 Å². The molecule has 0 aromatic carbocycles. The van der Waals surface area contributed by atoms with Crippen LogP contribution in [0.5, 0.6) is 0 Å². The van der Waals surface area contributed by atoms with E-state index in [1.54, 1.807) is 6.07 Å². The Balaban J connectivity index is 1.67. The van der Waals surface area contributed by atoms with E-state index in [0.29, 0.717) is 43.5 Å². The zero-order valence-corrected chi connectivity index (χ0v) is 13.6. The maximum absolute atomic E-state index is 12.5. The van der Waals surface area contributed by atoms with Crippen molar-refractivity contribution in [2.24, 2.45) is 0 Å². The van der Waals surface area contributed by atoms with Gasteiger partial charge in [-0.05, 0) is 12.1 Å². The molecule has 2 fully saturated rings. The molecule has 0 spiro atoms. The van der Waals surface area contributed by atoms with Crippen molar-refractivity contribution in [2.75, 3.05) is 32.8 Å². The second kappa shape index (κ2) is 5.85. The zero-order chi connectivity index (χ0) is 15.0. The van der Waals surface area contributed by atoms with Crippen molar-refractivity contribution in [3.8, 4) is 0 Å². The SMILES string of the molecule is O=C1OCC[C@@H]1N1CCN(S(=O)(=O)c2ccc(Cl)s2)CC1. The lowest BCUT2D eigenvalue weighted by Gasteiger charge is -2.35. The normalized spacial score (nSPS) is 25.2. The highest BCUT2D eigenvalue weighted by Crippen LogP contribution is 2.29. The van der Waals surface area contributed by atoms with Gasteiger partial charge in [0, 0.05) is 32.6 Å². The summed E-state index contributed by atoms with van der Waals surface area (Å²) in [5, 5.41) is 0. The Morgan fingerprint density at radius 3 is 2.48 bits per heavy atom. The summed E-state index contributed by atoms with van der Waals surface area (Å²) in [6.45, 7) is 2.29. The lowest BCUT2D eigenvalue weighted by atomic mass is 10.2. The number of piperazine rings is 1. The number of hydrogen-bond donors (Lipinski definition) is 0. The molecule has 1 aromatic heterocycles. The van der Waals surface area contributed by atoms with Crippen LogP contribution in [0.1, 0.15) is 6.42 Å². The second-order valence-electron chi connectivity index (χ2n) is 4.97. The molecule has 9 heteroatoms. The number of rotatable bonds is 3. The summed E-state index contributed by atoms with van der Waals surface area (Å²) in [6, 6.07) is 2.90. The lowest BCUT2D eigenvalue weighted by Crippen LogP contribution is -2.52. The fourth-order valence-corrected chi connectivity index (χ4v) is 5.70. The predicted octanol–water partition coefficient (Wildman–Crippen LogP) is 1.02. The maximum atomic E-state index is 12.5. The van der Waals surface area contributed by atoms with Gasteiger partial charge in [-0.3, -0.25) is 9.69 Å². The summed E-state index contributed by atoms with van der Waals surface area (Å²) < 4.78 is 32.1. The smallest absolute Gasteiger partial charge is 0.323 e. The number of carbonyl (C=O) groups is 1. The molecule has 0 radical (unpaired) electrons. The van der Waals surface area contributed by atoms with Crippen LogP contribution >= 0.6 is 22.9 Å². The van der Waals surface area contributed by atoms with Gasteiger partial charge < -0.3 is 4.74 Å². The minimum Gasteiger partial charge on any atom is -0.464 e. The number of thiophene rings is 1. The van der Waals surface area contributed by atoms with Crippen LogP contribution in [0.25, 0.3) is 0 Å². The van der Waals surface area contributed by atoms with Gasteiger partial charge in [-0.1, -0.05) is 11.6 Å². The van der Waals surface area contributed by atoms with Crippen LogP contribution in [-0.4, -0.2) is 62.4 Å². The van der Waals surface area contributed by atoms with Crippen LogP contribution < -0.4 is 0 Å². The van der Waals surface area contributed by atoms with Crippen molar-refractivity contribution >= 4 is 38.9 Å². The van der Waals surface area contributed by atoms with Crippen molar-refractivity contribution in [1.29, 1.82) is 0 Å². The molecule has 3 heterocycles. The maximum Gasteiger partial charge on any atom is 0.323 e. The van der Waals surface area contributed by atoms with E-state index in [1.807, 2.05) is 4.90 Å². The Labute approximate surface area is 132 Å². The van der Waals surface area contributed by atoms with Gasteiger partial charge in [0.15, 0.2) is 0 Å². The Morgan fingerprint density at radius 2 is 1.95 bits per heavy atom. The van der Waals surface area contributed by atoms with E-state index in [4.69, 9.17) is 16.3 Å². The van der Waals surface area contributed by atoms with Gasteiger partial charge >= 0.3 is 5.97 Å². The fourth-order valence-electron chi connectivity index (χ4n) is 2.64. The molecule has 6 nitrogen and oxygen atoms in total. The molecular formula is C12H15ClN2O4S2. The van der Waals surface area contributed by atoms with E-state index in [9.17, 15) is 13.2 Å². The number of hydrogen-bond acceptors (Lipinski definition) is 6. The first kappa shape index (κ1) is 15.2. The zero-order valence-electron chi connectivity index (χ0n) is 11.2. The average Bonchev–Trinajstić information content (AvgIpc) is 3.08. The van der Waals surface area contributed by atoms with E-state index >= 15 is 0 Å². The number of sulfonamides is 1. The molecule has 0 bridgehead atoms. The van der Waals surface area contributed by atoms with Crippen molar-refractivity contribution in [2.45, 2.75) is 16.7 Å². The highest BCUT2D eigenvalue weighted by molar-refractivity contribution is 7.91. The van der Waals surface area contributed by atoms with Crippen LogP contribution in [0.4, 0.5) is 0 Å². The molecule has 0 amide bonds. The highest BCUT2D eigenvalue weighted by atomic mass is 35.5. The van der Waals surface area contributed by atoms with E-state index < -0.39 is 10.0 Å². The Morgan fingerprint density at radius 1 is 1.24 bits per heavy atom. The summed E-state index contributed by atoms with van der Waals surface area (Å²) in [7, 11) is -3.48. The molecule has 2 aliphatic rings. The molecule has 21 heavy (non-hydrogen) atoms. The first-order valence-corrected chi connectivity index (χ1v) is 9.28. The van der Waals surface area contributed by atoms with Crippen molar-refractivity contribution in [3.05, 3.63) is 16.5 Å². The minimum atomic E-state index is -3.48. The standard InChI is InChI=1S/C12H15ClN2O4S2/c13-10-1-2-11(20-10)21(17,18)15-6-4-14(5-7-15)9-3-8-19-12(9)16/h1-2,9H,3-8H2/t9-/m0/s1. The van der Waals surface area contributed by atoms with E-state index in [2.05, 4.69) is 0 Å². The lowest BCUT2D eigenvalue weighted by molar-refractivity contribution is -0.142. The average molecular weight is 351 g/mol. The third-order valence-corrected chi connectivity index (χ3v) is 7.36. The monoisotopic (exact) mass is 350 g/mol. The number of nitrogens with zero attached hydrogens (tertiary/aromatic N) is 2. The van der Waals surface area contributed by atoms with Crippen molar-refractivity contribution in [1.82, 2.24) is 9.21 Å². The summed E-state index contributed by atoms with van der Waals surface area (Å²) >= 11 is 6.87. The van der Waals surface area contributed by atoms with Gasteiger partial charge in [0.05, 0.1) is 10.9 Å². The molecule has 0 saturated carbocycles. The van der Waals surface area contributed by atoms with Gasteiger partial charge in [0.25, 0.3) is 10.0 Å². The fraction of sp³-hybridized carbons (Fsp3) is 0.583. The van der Waals surface area contributed by atoms with Gasteiger partial charge in [-0.25, -0.2) is 8.42 Å². The molecule has 0 unspecified atom stereocenters. The predicted molar refractivity (Wildman–Crippen MR) is 79.0 cm³/mol. The van der Waals surface area contributed by atoms with Crippen LogP contribution in [0.2, 0.25) is 4.34 Å². The number of esters is 1. The molecule has 1 atom stereocenters. The topological polar surface area (TPSA) is 66.9 Å². The minimum absolute atomic E-state index is 0.198. The van der Waals surface area contributed by atoms with Gasteiger partial charge in [0.1, 0.15) is 10.3 Å². The highest BCUT2D eigenvalue weighted by Gasteiger charge is 2.36. The number of carbonyl (C=O) groups excluding carboxylic acids is 1. The van der Waals surface area contributed by atoms with E-state index in [-0.39, 0.29) is 16.2 Å². The Bertz CT molecular complexity index is 637. The number of cyclic esters (lactones) is 1. The summed E-state index contributed by atoms with van der Waals surface area (Å²) in [6.07, 6.45) is 0.687. The molecule has 1 aromatic rings. The van der Waals surface area contributed by atoms with E-state index in [0.717, 1.165) is 11.3 Å². The molecule has 2 saturated heterocycles. The third-order valence-electron chi connectivity index (χ3n) is 3.76. The number of halogens is 1. The Hall–Kier alpha value is -0.670. The van der Waals surface area contributed by atoms with Crippen LogP contribution in [-0.2, 0) is 19.6 Å². The van der Waals surface area contributed by atoms with Gasteiger partial charge in [-0.15, -0.1) is 11.3 Å². The van der Waals surface area contributed by atoms with Crippen molar-refractivity contribution < 1.29 is 17.9 Å². The quantitative estimate of drug-likeness (QED) is 0.761. The largest absolute Gasteiger partial charge is 0.464 e.